The van der Waals surface area contributed by atoms with Crippen LogP contribution in [0.1, 0.15) is 50.5 Å². The minimum atomic E-state index is -0.907. The molecule has 0 radical (unpaired) electrons. The van der Waals surface area contributed by atoms with Crippen LogP contribution in [0.15, 0.2) is 30.3 Å². The molecule has 1 aromatic carbocycles. The zero-order valence-electron chi connectivity index (χ0n) is 13.1. The number of nitrogens with one attached hydrogen (secondary N) is 1. The van der Waals surface area contributed by atoms with Crippen molar-refractivity contribution < 1.29 is 14.7 Å². The first kappa shape index (κ1) is 16.5. The third kappa shape index (κ3) is 4.58. The SMILES string of the molecule is CC(CC1CCCC1)C(=O)NCC(C(=O)O)c1ccccc1. The molecule has 1 saturated carbocycles. The molecule has 0 bridgehead atoms. The molecule has 120 valence electrons. The standard InChI is InChI=1S/C18H25NO3/c1-13(11-14-7-5-6-8-14)17(20)19-12-16(18(21)22)15-9-3-2-4-10-15/h2-4,9-10,13-14,16H,5-8,11-12H2,1H3,(H,19,20)(H,21,22). The maximum Gasteiger partial charge on any atom is 0.312 e. The summed E-state index contributed by atoms with van der Waals surface area (Å²) in [6, 6.07) is 9.05. The number of hydrogen-bond donors (Lipinski definition) is 2. The Balaban J connectivity index is 1.86. The van der Waals surface area contributed by atoms with Gasteiger partial charge in [0.2, 0.25) is 5.91 Å². The van der Waals surface area contributed by atoms with Gasteiger partial charge in [-0.05, 0) is 17.9 Å². The van der Waals surface area contributed by atoms with Crippen molar-refractivity contribution in [2.75, 3.05) is 6.54 Å². The van der Waals surface area contributed by atoms with E-state index in [1.807, 2.05) is 25.1 Å². The van der Waals surface area contributed by atoms with Gasteiger partial charge in [0.25, 0.3) is 0 Å². The monoisotopic (exact) mass is 303 g/mol. The Morgan fingerprint density at radius 1 is 1.23 bits per heavy atom. The number of carboxylic acids is 1. The molecular formula is C18H25NO3. The molecule has 0 heterocycles. The van der Waals surface area contributed by atoms with Gasteiger partial charge in [0.05, 0.1) is 5.92 Å². The number of aliphatic carboxylic acids is 1. The Morgan fingerprint density at radius 2 is 1.86 bits per heavy atom. The van der Waals surface area contributed by atoms with Crippen LogP contribution >= 0.6 is 0 Å². The quantitative estimate of drug-likeness (QED) is 0.813. The molecule has 1 amide bonds. The van der Waals surface area contributed by atoms with Crippen molar-refractivity contribution in [3.8, 4) is 0 Å². The molecule has 0 aromatic heterocycles. The van der Waals surface area contributed by atoms with Crippen LogP contribution in [0.4, 0.5) is 0 Å². The summed E-state index contributed by atoms with van der Waals surface area (Å²) in [5.74, 6) is -1.02. The number of carbonyl (C=O) groups is 2. The van der Waals surface area contributed by atoms with Crippen LogP contribution in [-0.2, 0) is 9.59 Å². The average molecular weight is 303 g/mol. The molecule has 2 N–H and O–H groups in total. The summed E-state index contributed by atoms with van der Waals surface area (Å²) in [4.78, 5) is 23.6. The van der Waals surface area contributed by atoms with Crippen molar-refractivity contribution >= 4 is 11.9 Å². The highest BCUT2D eigenvalue weighted by Gasteiger charge is 2.24. The molecule has 22 heavy (non-hydrogen) atoms. The molecule has 1 aliphatic rings. The Labute approximate surface area is 131 Å². The summed E-state index contributed by atoms with van der Waals surface area (Å²) in [5.41, 5.74) is 0.721. The second kappa shape index (κ2) is 7.97. The van der Waals surface area contributed by atoms with Crippen molar-refractivity contribution in [3.63, 3.8) is 0 Å². The number of carbonyl (C=O) groups excluding carboxylic acids is 1. The summed E-state index contributed by atoms with van der Waals surface area (Å²) in [5, 5.41) is 12.2. The van der Waals surface area contributed by atoms with Gasteiger partial charge in [0.15, 0.2) is 0 Å². The molecule has 0 spiro atoms. The molecule has 1 aliphatic carbocycles. The van der Waals surface area contributed by atoms with Gasteiger partial charge in [-0.1, -0.05) is 62.9 Å². The third-order valence-electron chi connectivity index (χ3n) is 4.59. The number of hydrogen-bond acceptors (Lipinski definition) is 2. The first-order valence-corrected chi connectivity index (χ1v) is 8.13. The predicted octanol–water partition coefficient (Wildman–Crippen LogP) is 3.19. The van der Waals surface area contributed by atoms with Crippen LogP contribution in [0, 0.1) is 11.8 Å². The van der Waals surface area contributed by atoms with E-state index in [1.54, 1.807) is 12.1 Å². The van der Waals surface area contributed by atoms with Gasteiger partial charge in [-0.3, -0.25) is 9.59 Å². The highest BCUT2D eigenvalue weighted by atomic mass is 16.4. The summed E-state index contributed by atoms with van der Waals surface area (Å²) >= 11 is 0. The van der Waals surface area contributed by atoms with Crippen LogP contribution < -0.4 is 5.32 Å². The van der Waals surface area contributed by atoms with E-state index in [9.17, 15) is 14.7 Å². The second-order valence-corrected chi connectivity index (χ2v) is 6.33. The molecule has 1 aromatic rings. The maximum absolute atomic E-state index is 12.2. The second-order valence-electron chi connectivity index (χ2n) is 6.33. The number of carboxylic acid groups (broad SMARTS) is 1. The van der Waals surface area contributed by atoms with Crippen molar-refractivity contribution in [2.45, 2.75) is 44.9 Å². The highest BCUT2D eigenvalue weighted by molar-refractivity contribution is 5.81. The Kier molecular flexibility index (Phi) is 5.99. The van der Waals surface area contributed by atoms with E-state index in [1.165, 1.54) is 25.7 Å². The van der Waals surface area contributed by atoms with Gasteiger partial charge < -0.3 is 10.4 Å². The van der Waals surface area contributed by atoms with Gasteiger partial charge >= 0.3 is 5.97 Å². The molecule has 1 fully saturated rings. The molecule has 2 rings (SSSR count). The average Bonchev–Trinajstić information content (AvgIpc) is 3.01. The Morgan fingerprint density at radius 3 is 2.45 bits per heavy atom. The highest BCUT2D eigenvalue weighted by Crippen LogP contribution is 2.30. The fourth-order valence-electron chi connectivity index (χ4n) is 3.26. The van der Waals surface area contributed by atoms with E-state index in [0.717, 1.165) is 12.0 Å². The van der Waals surface area contributed by atoms with Crippen molar-refractivity contribution in [1.29, 1.82) is 0 Å². The van der Waals surface area contributed by atoms with Crippen LogP contribution in [0.25, 0.3) is 0 Å². The Bertz CT molecular complexity index is 494. The first-order valence-electron chi connectivity index (χ1n) is 8.13. The van der Waals surface area contributed by atoms with E-state index >= 15 is 0 Å². The van der Waals surface area contributed by atoms with Crippen molar-refractivity contribution in [2.24, 2.45) is 11.8 Å². The lowest BCUT2D eigenvalue weighted by Gasteiger charge is -2.18. The van der Waals surface area contributed by atoms with Crippen molar-refractivity contribution in [3.05, 3.63) is 35.9 Å². The lowest BCUT2D eigenvalue weighted by molar-refractivity contribution is -0.138. The number of benzene rings is 1. The summed E-state index contributed by atoms with van der Waals surface area (Å²) in [7, 11) is 0. The minimum absolute atomic E-state index is 0.0333. The van der Waals surface area contributed by atoms with Gasteiger partial charge in [-0.2, -0.15) is 0 Å². The topological polar surface area (TPSA) is 66.4 Å². The Hall–Kier alpha value is -1.84. The van der Waals surface area contributed by atoms with Crippen LogP contribution in [-0.4, -0.2) is 23.5 Å². The minimum Gasteiger partial charge on any atom is -0.481 e. The van der Waals surface area contributed by atoms with E-state index in [2.05, 4.69) is 5.32 Å². The van der Waals surface area contributed by atoms with Crippen LogP contribution in [0.5, 0.6) is 0 Å². The van der Waals surface area contributed by atoms with Crippen LogP contribution in [0.3, 0.4) is 0 Å². The molecule has 2 atom stereocenters. The number of rotatable bonds is 7. The predicted molar refractivity (Wildman–Crippen MR) is 85.6 cm³/mol. The number of amides is 1. The fourth-order valence-corrected chi connectivity index (χ4v) is 3.26. The van der Waals surface area contributed by atoms with E-state index in [-0.39, 0.29) is 18.4 Å². The largest absolute Gasteiger partial charge is 0.481 e. The summed E-state index contributed by atoms with van der Waals surface area (Å²) < 4.78 is 0. The normalized spacial score (nSPS) is 17.9. The molecule has 0 saturated heterocycles. The smallest absolute Gasteiger partial charge is 0.312 e. The molecule has 4 heteroatoms. The van der Waals surface area contributed by atoms with Crippen molar-refractivity contribution in [1.82, 2.24) is 5.32 Å². The maximum atomic E-state index is 12.2. The van der Waals surface area contributed by atoms with E-state index in [4.69, 9.17) is 0 Å². The lowest BCUT2D eigenvalue weighted by atomic mass is 9.93. The first-order chi connectivity index (χ1) is 10.6. The zero-order valence-corrected chi connectivity index (χ0v) is 13.1. The lowest BCUT2D eigenvalue weighted by Crippen LogP contribution is -2.35. The van der Waals surface area contributed by atoms with Gasteiger partial charge in [0.1, 0.15) is 0 Å². The van der Waals surface area contributed by atoms with E-state index in [0.29, 0.717) is 5.92 Å². The summed E-state index contributed by atoms with van der Waals surface area (Å²) in [6.07, 6.45) is 5.90. The zero-order chi connectivity index (χ0) is 15.9. The molecule has 2 unspecified atom stereocenters. The van der Waals surface area contributed by atoms with Gasteiger partial charge in [-0.25, -0.2) is 0 Å². The summed E-state index contributed by atoms with van der Waals surface area (Å²) in [6.45, 7) is 2.08. The van der Waals surface area contributed by atoms with Gasteiger partial charge in [-0.15, -0.1) is 0 Å². The fraction of sp³-hybridized carbons (Fsp3) is 0.556. The van der Waals surface area contributed by atoms with Gasteiger partial charge in [0, 0.05) is 12.5 Å². The molecule has 0 aliphatic heterocycles. The molecule has 4 nitrogen and oxygen atoms in total. The molecular weight excluding hydrogens is 278 g/mol. The van der Waals surface area contributed by atoms with E-state index < -0.39 is 11.9 Å². The third-order valence-corrected chi connectivity index (χ3v) is 4.59. The van der Waals surface area contributed by atoms with Crippen LogP contribution in [0.2, 0.25) is 0 Å².